The van der Waals surface area contributed by atoms with Gasteiger partial charge in [0.05, 0.1) is 10.2 Å². The van der Waals surface area contributed by atoms with Gasteiger partial charge in [0.1, 0.15) is 0 Å². The monoisotopic (exact) mass is 254 g/mol. The number of para-hydroxylation sites is 1. The van der Waals surface area contributed by atoms with Crippen molar-refractivity contribution in [1.82, 2.24) is 4.98 Å². The summed E-state index contributed by atoms with van der Waals surface area (Å²) >= 11 is 1.69. The Kier molecular flexibility index (Phi) is 2.76. The second-order valence-electron chi connectivity index (χ2n) is 4.43. The maximum atomic E-state index is 4.60. The van der Waals surface area contributed by atoms with E-state index in [1.807, 2.05) is 12.1 Å². The van der Waals surface area contributed by atoms with Gasteiger partial charge in [0.2, 0.25) is 0 Å². The highest BCUT2D eigenvalue weighted by Gasteiger charge is 2.05. The van der Waals surface area contributed by atoms with Gasteiger partial charge >= 0.3 is 0 Å². The summed E-state index contributed by atoms with van der Waals surface area (Å²) in [5.41, 5.74) is 4.68. The summed E-state index contributed by atoms with van der Waals surface area (Å²) in [6, 6.07) is 14.6. The van der Waals surface area contributed by atoms with Gasteiger partial charge in [-0.2, -0.15) is 0 Å². The lowest BCUT2D eigenvalue weighted by molar-refractivity contribution is 1.39. The first-order chi connectivity index (χ1) is 8.72. The number of hydrogen-bond acceptors (Lipinski definition) is 3. The van der Waals surface area contributed by atoms with Gasteiger partial charge in [-0.3, -0.25) is 0 Å². The van der Waals surface area contributed by atoms with Gasteiger partial charge in [-0.1, -0.05) is 35.6 Å². The third-order valence-electron chi connectivity index (χ3n) is 2.93. The van der Waals surface area contributed by atoms with Crippen LogP contribution in [0.25, 0.3) is 10.2 Å². The molecule has 2 aromatic carbocycles. The van der Waals surface area contributed by atoms with Crippen molar-refractivity contribution in [2.75, 3.05) is 5.32 Å². The number of nitrogens with zero attached hydrogens (tertiary/aromatic N) is 1. The molecule has 0 saturated heterocycles. The van der Waals surface area contributed by atoms with Crippen molar-refractivity contribution in [3.63, 3.8) is 0 Å². The van der Waals surface area contributed by atoms with Crippen LogP contribution in [0.15, 0.2) is 42.5 Å². The van der Waals surface area contributed by atoms with Gasteiger partial charge in [0.15, 0.2) is 5.13 Å². The summed E-state index contributed by atoms with van der Waals surface area (Å²) in [4.78, 5) is 4.60. The first-order valence-corrected chi connectivity index (χ1v) is 6.74. The van der Waals surface area contributed by atoms with Crippen LogP contribution in [0.4, 0.5) is 10.8 Å². The van der Waals surface area contributed by atoms with Crippen LogP contribution in [0.2, 0.25) is 0 Å². The SMILES string of the molecule is Cc1ccc2nc(Nc3ccccc3C)sc2c1. The zero-order valence-electron chi connectivity index (χ0n) is 10.4. The fraction of sp³-hybridized carbons (Fsp3) is 0.133. The molecule has 1 aromatic heterocycles. The lowest BCUT2D eigenvalue weighted by Crippen LogP contribution is -1.91. The average molecular weight is 254 g/mol. The minimum Gasteiger partial charge on any atom is -0.331 e. The van der Waals surface area contributed by atoms with Crippen LogP contribution < -0.4 is 5.32 Å². The van der Waals surface area contributed by atoms with Gasteiger partial charge in [0, 0.05) is 5.69 Å². The van der Waals surface area contributed by atoms with Crippen LogP contribution in [0.1, 0.15) is 11.1 Å². The molecule has 0 aliphatic carbocycles. The van der Waals surface area contributed by atoms with Gasteiger partial charge < -0.3 is 5.32 Å². The number of aryl methyl sites for hydroxylation is 2. The number of aromatic nitrogens is 1. The average Bonchev–Trinajstić information content (AvgIpc) is 2.73. The number of nitrogens with one attached hydrogen (secondary N) is 1. The Morgan fingerprint density at radius 2 is 1.89 bits per heavy atom. The minimum absolute atomic E-state index is 0.949. The van der Waals surface area contributed by atoms with E-state index in [9.17, 15) is 0 Å². The lowest BCUT2D eigenvalue weighted by Gasteiger charge is -2.04. The number of hydrogen-bond donors (Lipinski definition) is 1. The summed E-state index contributed by atoms with van der Waals surface area (Å²) in [6.45, 7) is 4.20. The largest absolute Gasteiger partial charge is 0.331 e. The Labute approximate surface area is 110 Å². The summed E-state index contributed by atoms with van der Waals surface area (Å²) in [6.07, 6.45) is 0. The normalized spacial score (nSPS) is 10.8. The molecule has 0 bridgehead atoms. The fourth-order valence-corrected chi connectivity index (χ4v) is 2.89. The molecule has 90 valence electrons. The number of rotatable bonds is 2. The van der Waals surface area contributed by atoms with Gasteiger partial charge in [-0.05, 0) is 43.2 Å². The van der Waals surface area contributed by atoms with Crippen molar-refractivity contribution in [2.45, 2.75) is 13.8 Å². The van der Waals surface area contributed by atoms with Crippen molar-refractivity contribution in [2.24, 2.45) is 0 Å². The third-order valence-corrected chi connectivity index (χ3v) is 3.86. The Bertz CT molecular complexity index is 701. The van der Waals surface area contributed by atoms with Crippen molar-refractivity contribution in [1.29, 1.82) is 0 Å². The highest BCUT2D eigenvalue weighted by molar-refractivity contribution is 7.22. The van der Waals surface area contributed by atoms with Crippen LogP contribution in [-0.4, -0.2) is 4.98 Å². The van der Waals surface area contributed by atoms with E-state index in [-0.39, 0.29) is 0 Å². The highest BCUT2D eigenvalue weighted by Crippen LogP contribution is 2.29. The number of thiazole rings is 1. The first-order valence-electron chi connectivity index (χ1n) is 5.92. The molecule has 0 atom stereocenters. The number of fused-ring (bicyclic) bond motifs is 1. The Balaban J connectivity index is 1.98. The van der Waals surface area contributed by atoms with E-state index in [4.69, 9.17) is 0 Å². The second kappa shape index (κ2) is 4.42. The third kappa shape index (κ3) is 2.09. The molecule has 0 aliphatic heterocycles. The summed E-state index contributed by atoms with van der Waals surface area (Å²) < 4.78 is 1.23. The maximum Gasteiger partial charge on any atom is 0.188 e. The van der Waals surface area contributed by atoms with Crippen LogP contribution in [0.5, 0.6) is 0 Å². The zero-order valence-corrected chi connectivity index (χ0v) is 11.2. The molecule has 0 unspecified atom stereocenters. The minimum atomic E-state index is 0.949. The van der Waals surface area contributed by atoms with Crippen LogP contribution >= 0.6 is 11.3 Å². The highest BCUT2D eigenvalue weighted by atomic mass is 32.1. The standard InChI is InChI=1S/C15H14N2S/c1-10-7-8-13-14(9-10)18-15(17-13)16-12-6-4-3-5-11(12)2/h3-9H,1-2H3,(H,16,17). The molecule has 3 aromatic rings. The predicted octanol–water partition coefficient (Wildman–Crippen LogP) is 4.66. The Morgan fingerprint density at radius 1 is 1.06 bits per heavy atom. The maximum absolute atomic E-state index is 4.60. The predicted molar refractivity (Wildman–Crippen MR) is 78.8 cm³/mol. The molecule has 0 radical (unpaired) electrons. The quantitative estimate of drug-likeness (QED) is 0.719. The lowest BCUT2D eigenvalue weighted by atomic mass is 10.2. The smallest absolute Gasteiger partial charge is 0.188 e. The number of benzene rings is 2. The van der Waals surface area contributed by atoms with Crippen LogP contribution in [0, 0.1) is 13.8 Å². The van der Waals surface area contributed by atoms with Crippen molar-refractivity contribution < 1.29 is 0 Å². The molecule has 0 fully saturated rings. The molecule has 3 rings (SSSR count). The molecule has 0 amide bonds. The second-order valence-corrected chi connectivity index (χ2v) is 5.46. The van der Waals surface area contributed by atoms with Crippen molar-refractivity contribution >= 4 is 32.4 Å². The molecule has 2 nitrogen and oxygen atoms in total. The van der Waals surface area contributed by atoms with E-state index < -0.39 is 0 Å². The molecule has 1 N–H and O–H groups in total. The summed E-state index contributed by atoms with van der Waals surface area (Å²) in [5, 5.41) is 4.34. The van der Waals surface area contributed by atoms with Crippen LogP contribution in [0.3, 0.4) is 0 Å². The van der Waals surface area contributed by atoms with E-state index in [1.54, 1.807) is 11.3 Å². The van der Waals surface area contributed by atoms with Gasteiger partial charge in [-0.25, -0.2) is 4.98 Å². The van der Waals surface area contributed by atoms with E-state index in [1.165, 1.54) is 15.8 Å². The summed E-state index contributed by atoms with van der Waals surface area (Å²) in [5.74, 6) is 0. The molecule has 0 aliphatic rings. The zero-order chi connectivity index (χ0) is 12.5. The first kappa shape index (κ1) is 11.2. The Morgan fingerprint density at radius 3 is 2.72 bits per heavy atom. The van der Waals surface area contributed by atoms with Crippen molar-refractivity contribution in [3.8, 4) is 0 Å². The fourth-order valence-electron chi connectivity index (χ4n) is 1.91. The summed E-state index contributed by atoms with van der Waals surface area (Å²) in [7, 11) is 0. The Hall–Kier alpha value is -1.87. The molecule has 0 spiro atoms. The van der Waals surface area contributed by atoms with Crippen molar-refractivity contribution in [3.05, 3.63) is 53.6 Å². The molecule has 3 heteroatoms. The van der Waals surface area contributed by atoms with E-state index in [0.717, 1.165) is 16.3 Å². The van der Waals surface area contributed by atoms with E-state index >= 15 is 0 Å². The molecule has 18 heavy (non-hydrogen) atoms. The van der Waals surface area contributed by atoms with Gasteiger partial charge in [-0.15, -0.1) is 0 Å². The molecular weight excluding hydrogens is 240 g/mol. The molecule has 1 heterocycles. The van der Waals surface area contributed by atoms with Gasteiger partial charge in [0.25, 0.3) is 0 Å². The number of anilines is 2. The van der Waals surface area contributed by atoms with E-state index in [2.05, 4.69) is 54.5 Å². The molecular formula is C15H14N2S. The van der Waals surface area contributed by atoms with E-state index in [0.29, 0.717) is 0 Å². The molecule has 0 saturated carbocycles. The topological polar surface area (TPSA) is 24.9 Å². The van der Waals surface area contributed by atoms with Crippen LogP contribution in [-0.2, 0) is 0 Å².